The summed E-state index contributed by atoms with van der Waals surface area (Å²) in [6, 6.07) is 5.95. The van der Waals surface area contributed by atoms with Gasteiger partial charge in [-0.05, 0) is 38.3 Å². The molecular formula is C25H25N7O3S. The van der Waals surface area contributed by atoms with Crippen molar-refractivity contribution in [2.45, 2.75) is 51.7 Å². The number of fused-ring (bicyclic) bond motifs is 4. The first-order chi connectivity index (χ1) is 17.5. The number of aromatic nitrogens is 6. The molecule has 1 N–H and O–H groups in total. The van der Waals surface area contributed by atoms with E-state index in [0.29, 0.717) is 12.1 Å². The van der Waals surface area contributed by atoms with Gasteiger partial charge in [0.05, 0.1) is 41.8 Å². The maximum atomic E-state index is 8.36. The van der Waals surface area contributed by atoms with Crippen LogP contribution in [0.3, 0.4) is 0 Å². The number of aryl methyl sites for hydroxylation is 1. The minimum Gasteiger partial charge on any atom is -0.483 e. The van der Waals surface area contributed by atoms with Crippen molar-refractivity contribution in [3.63, 3.8) is 0 Å². The molecule has 1 aliphatic rings. The van der Waals surface area contributed by atoms with E-state index >= 15 is 0 Å². The maximum absolute atomic E-state index is 8.36. The first kappa shape index (κ1) is 23.8. The van der Waals surface area contributed by atoms with Crippen LogP contribution in [-0.2, 0) is 22.4 Å². The van der Waals surface area contributed by atoms with Crippen molar-refractivity contribution in [3.05, 3.63) is 58.5 Å². The molecule has 1 saturated heterocycles. The first-order valence-corrected chi connectivity index (χ1v) is 12.6. The molecule has 4 aromatic heterocycles. The highest BCUT2D eigenvalue weighted by Crippen LogP contribution is 2.35. The first-order valence-electron chi connectivity index (χ1n) is 11.7. The molecule has 0 bridgehead atoms. The largest absolute Gasteiger partial charge is 0.483 e. The minimum atomic E-state index is -0.250. The van der Waals surface area contributed by atoms with Crippen LogP contribution in [0.2, 0.25) is 0 Å². The summed E-state index contributed by atoms with van der Waals surface area (Å²) in [5, 5.41) is 13.6. The molecule has 184 valence electrons. The average molecular weight is 504 g/mol. The number of benzene rings is 1. The number of nitrogens with zero attached hydrogens (tertiary/aromatic N) is 7. The van der Waals surface area contributed by atoms with Crippen LogP contribution in [-0.4, -0.2) is 53.4 Å². The van der Waals surface area contributed by atoms with Crippen LogP contribution in [0.5, 0.6) is 0 Å². The Morgan fingerprint density at radius 1 is 1.33 bits per heavy atom. The fraction of sp³-hybridized carbons (Fsp3) is 0.360. The van der Waals surface area contributed by atoms with E-state index < -0.39 is 0 Å². The van der Waals surface area contributed by atoms with Gasteiger partial charge in [-0.3, -0.25) is 9.78 Å². The highest BCUT2D eigenvalue weighted by atomic mass is 32.1. The Kier molecular flexibility index (Phi) is 6.63. The van der Waals surface area contributed by atoms with Crippen molar-refractivity contribution in [1.29, 1.82) is 0 Å². The molecule has 6 rings (SSSR count). The third-order valence-corrected chi connectivity index (χ3v) is 7.37. The van der Waals surface area contributed by atoms with E-state index in [1.165, 1.54) is 0 Å². The number of pyridine rings is 1. The molecule has 0 aliphatic carbocycles. The molecule has 5 heterocycles. The number of rotatable bonds is 4. The molecule has 0 saturated carbocycles. The third kappa shape index (κ3) is 4.41. The van der Waals surface area contributed by atoms with Crippen LogP contribution in [0.15, 0.2) is 30.6 Å². The van der Waals surface area contributed by atoms with Gasteiger partial charge >= 0.3 is 0 Å². The van der Waals surface area contributed by atoms with Crippen LogP contribution in [0.25, 0.3) is 31.7 Å². The predicted molar refractivity (Wildman–Crippen MR) is 137 cm³/mol. The maximum Gasteiger partial charge on any atom is 0.290 e. The fourth-order valence-electron chi connectivity index (χ4n) is 4.79. The predicted octanol–water partition coefficient (Wildman–Crippen LogP) is 4.83. The number of hydrogen-bond donors (Lipinski definition) is 1. The summed E-state index contributed by atoms with van der Waals surface area (Å²) in [7, 11) is 0. The van der Waals surface area contributed by atoms with Crippen molar-refractivity contribution in [2.75, 3.05) is 6.61 Å². The van der Waals surface area contributed by atoms with E-state index in [1.54, 1.807) is 11.3 Å². The Bertz CT molecular complexity index is 1560. The smallest absolute Gasteiger partial charge is 0.290 e. The van der Waals surface area contributed by atoms with Crippen molar-refractivity contribution in [1.82, 2.24) is 29.1 Å². The minimum absolute atomic E-state index is 0.190. The monoisotopic (exact) mass is 503 g/mol. The SMILES string of the molecule is O=CO.[C-]#[N+]c1ccc2ncc3nc(Cc4cn5nc(CC)sc5n4)n([C@@H]4CCO[C@H](C)C4)c3c2c1. The van der Waals surface area contributed by atoms with Gasteiger partial charge in [-0.1, -0.05) is 24.3 Å². The number of ether oxygens (including phenoxy) is 1. The summed E-state index contributed by atoms with van der Waals surface area (Å²) in [4.78, 5) is 27.4. The lowest BCUT2D eigenvalue weighted by atomic mass is 10.0. The van der Waals surface area contributed by atoms with Gasteiger partial charge in [-0.25, -0.2) is 19.3 Å². The quantitative estimate of drug-likeness (QED) is 0.276. The topological polar surface area (TPSA) is 112 Å². The number of carboxylic acid groups (broad SMARTS) is 1. The average Bonchev–Trinajstić information content (AvgIpc) is 3.55. The van der Waals surface area contributed by atoms with Gasteiger partial charge in [0, 0.05) is 24.5 Å². The van der Waals surface area contributed by atoms with E-state index in [4.69, 9.17) is 31.2 Å². The van der Waals surface area contributed by atoms with Gasteiger partial charge < -0.3 is 14.4 Å². The summed E-state index contributed by atoms with van der Waals surface area (Å²) in [6.07, 6.45) is 7.42. The zero-order valence-corrected chi connectivity index (χ0v) is 20.8. The van der Waals surface area contributed by atoms with Crippen molar-refractivity contribution in [2.24, 2.45) is 0 Å². The van der Waals surface area contributed by atoms with E-state index in [2.05, 4.69) is 33.3 Å². The molecule has 0 unspecified atom stereocenters. The van der Waals surface area contributed by atoms with Gasteiger partial charge in [0.2, 0.25) is 4.96 Å². The summed E-state index contributed by atoms with van der Waals surface area (Å²) < 4.78 is 10.1. The highest BCUT2D eigenvalue weighted by molar-refractivity contribution is 7.16. The zero-order valence-electron chi connectivity index (χ0n) is 20.0. The highest BCUT2D eigenvalue weighted by Gasteiger charge is 2.27. The van der Waals surface area contributed by atoms with Gasteiger partial charge in [0.25, 0.3) is 6.47 Å². The number of hydrogen-bond acceptors (Lipinski definition) is 7. The van der Waals surface area contributed by atoms with Gasteiger partial charge in [0.15, 0.2) is 5.69 Å². The molecule has 10 nitrogen and oxygen atoms in total. The number of imidazole rings is 2. The van der Waals surface area contributed by atoms with Gasteiger partial charge in [0.1, 0.15) is 16.3 Å². The normalized spacial score (nSPS) is 17.7. The van der Waals surface area contributed by atoms with E-state index in [0.717, 1.165) is 69.3 Å². The van der Waals surface area contributed by atoms with Crippen molar-refractivity contribution < 1.29 is 14.6 Å². The second kappa shape index (κ2) is 10.0. The lowest BCUT2D eigenvalue weighted by Crippen LogP contribution is -2.26. The van der Waals surface area contributed by atoms with E-state index in [-0.39, 0.29) is 18.6 Å². The molecule has 36 heavy (non-hydrogen) atoms. The summed E-state index contributed by atoms with van der Waals surface area (Å²) >= 11 is 1.63. The third-order valence-electron chi connectivity index (χ3n) is 6.30. The van der Waals surface area contributed by atoms with Crippen LogP contribution in [0, 0.1) is 6.57 Å². The second-order valence-electron chi connectivity index (χ2n) is 8.65. The van der Waals surface area contributed by atoms with Crippen molar-refractivity contribution >= 4 is 50.4 Å². The lowest BCUT2D eigenvalue weighted by molar-refractivity contribution is -0.122. The molecular weight excluding hydrogens is 478 g/mol. The Labute approximate surface area is 211 Å². The fourth-order valence-corrected chi connectivity index (χ4v) is 5.62. The number of carbonyl (C=O) groups is 1. The second-order valence-corrected chi connectivity index (χ2v) is 9.69. The Hall–Kier alpha value is -3.88. The van der Waals surface area contributed by atoms with Crippen LogP contribution < -0.4 is 0 Å². The molecule has 1 aromatic carbocycles. The zero-order chi connectivity index (χ0) is 25.2. The van der Waals surface area contributed by atoms with Gasteiger partial charge in [-0.15, -0.1) is 0 Å². The Morgan fingerprint density at radius 3 is 2.89 bits per heavy atom. The molecule has 2 atom stereocenters. The molecule has 5 aromatic rings. The molecule has 0 radical (unpaired) electrons. The van der Waals surface area contributed by atoms with Crippen LogP contribution >= 0.6 is 11.3 Å². The Balaban J connectivity index is 0.000000848. The standard InChI is InChI=1S/C24H23N7OS.CH2O2/c1-4-22-29-30-13-16(27-24(30)33-22)11-21-28-20-12-26-19-6-5-15(25-3)10-18(19)23(20)31(21)17-7-8-32-14(2)9-17;2-1-3/h5-6,10,12-14,17H,4,7-9,11H2,1-2H3;1H,(H,2,3)/t14-,17-;/m1./s1. The summed E-state index contributed by atoms with van der Waals surface area (Å²) in [6.45, 7) is 12.2. The van der Waals surface area contributed by atoms with Gasteiger partial charge in [-0.2, -0.15) is 5.10 Å². The molecule has 1 fully saturated rings. The van der Waals surface area contributed by atoms with Crippen molar-refractivity contribution in [3.8, 4) is 0 Å². The van der Waals surface area contributed by atoms with Crippen LogP contribution in [0.1, 0.15) is 49.3 Å². The summed E-state index contributed by atoms with van der Waals surface area (Å²) in [5.74, 6) is 0.966. The van der Waals surface area contributed by atoms with E-state index in [1.807, 2.05) is 35.1 Å². The molecule has 1 aliphatic heterocycles. The summed E-state index contributed by atoms with van der Waals surface area (Å²) in [5.41, 5.74) is 4.34. The molecule has 0 amide bonds. The molecule has 11 heteroatoms. The Morgan fingerprint density at radius 2 is 2.17 bits per heavy atom. The van der Waals surface area contributed by atoms with E-state index in [9.17, 15) is 0 Å². The van der Waals surface area contributed by atoms with Crippen LogP contribution in [0.4, 0.5) is 5.69 Å². The lowest BCUT2D eigenvalue weighted by Gasteiger charge is -2.30. The molecule has 0 spiro atoms.